The monoisotopic (exact) mass is 384 g/mol. The molecule has 3 rings (SSSR count). The van der Waals surface area contributed by atoms with Crippen LogP contribution in [0.1, 0.15) is 17.7 Å². The van der Waals surface area contributed by atoms with Crippen LogP contribution in [-0.2, 0) is 29.6 Å². The van der Waals surface area contributed by atoms with Gasteiger partial charge in [0.15, 0.2) is 0 Å². The van der Waals surface area contributed by atoms with E-state index in [4.69, 9.17) is 4.74 Å². The number of hydrogen-bond donors (Lipinski definition) is 2. The van der Waals surface area contributed by atoms with E-state index < -0.39 is 12.1 Å². The highest BCUT2D eigenvalue weighted by Gasteiger charge is 2.38. The zero-order valence-corrected chi connectivity index (χ0v) is 16.0. The summed E-state index contributed by atoms with van der Waals surface area (Å²) in [7, 11) is 3.47. The van der Waals surface area contributed by atoms with Crippen molar-refractivity contribution in [2.24, 2.45) is 7.05 Å². The van der Waals surface area contributed by atoms with Crippen molar-refractivity contribution in [1.82, 2.24) is 20.1 Å². The van der Waals surface area contributed by atoms with Crippen LogP contribution in [0.3, 0.4) is 0 Å². The Bertz CT molecular complexity index is 877. The summed E-state index contributed by atoms with van der Waals surface area (Å²) in [5, 5.41) is 5.37. The van der Waals surface area contributed by atoms with E-state index in [2.05, 4.69) is 10.6 Å². The topological polar surface area (TPSA) is 92.7 Å². The van der Waals surface area contributed by atoms with Gasteiger partial charge < -0.3 is 19.9 Å². The van der Waals surface area contributed by atoms with Gasteiger partial charge in [-0.3, -0.25) is 14.5 Å². The summed E-state index contributed by atoms with van der Waals surface area (Å²) in [5.74, 6) is 0.0477. The molecule has 0 saturated carbocycles. The third kappa shape index (κ3) is 4.33. The molecule has 4 amide bonds. The van der Waals surface area contributed by atoms with E-state index in [1.165, 1.54) is 0 Å². The van der Waals surface area contributed by atoms with Crippen LogP contribution in [0, 0.1) is 0 Å². The van der Waals surface area contributed by atoms with Crippen LogP contribution in [0.2, 0.25) is 0 Å². The number of para-hydroxylation sites is 1. The average molecular weight is 384 g/mol. The van der Waals surface area contributed by atoms with E-state index in [-0.39, 0.29) is 24.8 Å². The number of aromatic nitrogens is 1. The largest absolute Gasteiger partial charge is 0.496 e. The zero-order valence-electron chi connectivity index (χ0n) is 16.0. The minimum Gasteiger partial charge on any atom is -0.496 e. The van der Waals surface area contributed by atoms with Gasteiger partial charge in [0.05, 0.1) is 20.1 Å². The molecule has 2 aromatic rings. The molecule has 0 aliphatic carbocycles. The minimum atomic E-state index is -0.835. The fourth-order valence-electron chi connectivity index (χ4n) is 3.20. The van der Waals surface area contributed by atoms with Crippen molar-refractivity contribution in [3.8, 4) is 5.75 Å². The number of carbonyl (C=O) groups is 3. The predicted octanol–water partition coefficient (Wildman–Crippen LogP) is 1.20. The molecule has 0 unspecified atom stereocenters. The van der Waals surface area contributed by atoms with Gasteiger partial charge >= 0.3 is 6.03 Å². The van der Waals surface area contributed by atoms with Crippen LogP contribution in [0.25, 0.3) is 0 Å². The molecule has 1 aliphatic rings. The standard InChI is InChI=1S/C20H24N4O4/c1-23-10-5-7-15(23)13-21-18(25)12-16-19(26)24(20(27)22-16)11-9-14-6-3-4-8-17(14)28-2/h3-8,10,16H,9,11-13H2,1-2H3,(H,21,25)(H,22,27)/t16-/m0/s1. The van der Waals surface area contributed by atoms with Gasteiger partial charge in [-0.2, -0.15) is 0 Å². The first-order valence-corrected chi connectivity index (χ1v) is 9.10. The summed E-state index contributed by atoms with van der Waals surface area (Å²) in [6.07, 6.45) is 2.29. The molecule has 2 heterocycles. The van der Waals surface area contributed by atoms with Crippen LogP contribution in [0.4, 0.5) is 4.79 Å². The molecule has 1 aliphatic heterocycles. The van der Waals surface area contributed by atoms with E-state index in [1.54, 1.807) is 7.11 Å². The second-order valence-electron chi connectivity index (χ2n) is 6.65. The minimum absolute atomic E-state index is 0.0832. The van der Waals surface area contributed by atoms with Crippen LogP contribution in [-0.4, -0.2) is 47.0 Å². The number of carbonyl (C=O) groups excluding carboxylic acids is 3. The van der Waals surface area contributed by atoms with Crippen molar-refractivity contribution in [3.05, 3.63) is 53.9 Å². The molecular formula is C20H24N4O4. The summed E-state index contributed by atoms with van der Waals surface area (Å²) in [4.78, 5) is 38.0. The molecule has 1 aromatic carbocycles. The molecule has 8 nitrogen and oxygen atoms in total. The zero-order chi connectivity index (χ0) is 20.1. The predicted molar refractivity (Wildman–Crippen MR) is 103 cm³/mol. The maximum atomic E-state index is 12.5. The molecule has 148 valence electrons. The second-order valence-corrected chi connectivity index (χ2v) is 6.65. The van der Waals surface area contributed by atoms with Crippen molar-refractivity contribution in [3.63, 3.8) is 0 Å². The number of hydrogen-bond acceptors (Lipinski definition) is 4. The Kier molecular flexibility index (Phi) is 5.98. The smallest absolute Gasteiger partial charge is 0.324 e. The molecule has 1 fully saturated rings. The lowest BCUT2D eigenvalue weighted by Crippen LogP contribution is -2.36. The number of methoxy groups -OCH3 is 1. The first kappa shape index (κ1) is 19.5. The van der Waals surface area contributed by atoms with Gasteiger partial charge in [-0.15, -0.1) is 0 Å². The quantitative estimate of drug-likeness (QED) is 0.669. The highest BCUT2D eigenvalue weighted by atomic mass is 16.5. The maximum Gasteiger partial charge on any atom is 0.324 e. The van der Waals surface area contributed by atoms with Gasteiger partial charge in [0.25, 0.3) is 5.91 Å². The number of ether oxygens (including phenoxy) is 1. The van der Waals surface area contributed by atoms with E-state index in [1.807, 2.05) is 54.2 Å². The Hall–Kier alpha value is -3.29. The molecule has 1 atom stereocenters. The van der Waals surface area contributed by atoms with Gasteiger partial charge in [0, 0.05) is 25.5 Å². The Morgan fingerprint density at radius 2 is 2.00 bits per heavy atom. The molecule has 0 spiro atoms. The fourth-order valence-corrected chi connectivity index (χ4v) is 3.20. The number of aryl methyl sites for hydroxylation is 1. The number of amides is 4. The van der Waals surface area contributed by atoms with Crippen molar-refractivity contribution in [1.29, 1.82) is 0 Å². The third-order valence-electron chi connectivity index (χ3n) is 4.81. The van der Waals surface area contributed by atoms with Crippen LogP contribution in [0.15, 0.2) is 42.6 Å². The van der Waals surface area contributed by atoms with Crippen LogP contribution in [0.5, 0.6) is 5.75 Å². The van der Waals surface area contributed by atoms with Gasteiger partial charge in [0.1, 0.15) is 11.8 Å². The van der Waals surface area contributed by atoms with E-state index in [9.17, 15) is 14.4 Å². The summed E-state index contributed by atoms with van der Waals surface area (Å²) in [6, 6.07) is 9.96. The van der Waals surface area contributed by atoms with Gasteiger partial charge in [-0.1, -0.05) is 18.2 Å². The number of urea groups is 1. The van der Waals surface area contributed by atoms with Gasteiger partial charge in [-0.25, -0.2) is 4.79 Å². The molecule has 0 radical (unpaired) electrons. The highest BCUT2D eigenvalue weighted by Crippen LogP contribution is 2.19. The normalized spacial score (nSPS) is 16.2. The van der Waals surface area contributed by atoms with Gasteiger partial charge in [0.2, 0.25) is 5.91 Å². The lowest BCUT2D eigenvalue weighted by molar-refractivity contribution is -0.130. The van der Waals surface area contributed by atoms with Crippen molar-refractivity contribution >= 4 is 17.8 Å². The third-order valence-corrected chi connectivity index (χ3v) is 4.81. The van der Waals surface area contributed by atoms with Crippen molar-refractivity contribution < 1.29 is 19.1 Å². The second kappa shape index (κ2) is 8.60. The number of nitrogens with one attached hydrogen (secondary N) is 2. The fraction of sp³-hybridized carbons (Fsp3) is 0.350. The SMILES string of the molecule is COc1ccccc1CCN1C(=O)N[C@@H](CC(=O)NCc2cccn2C)C1=O. The number of rotatable bonds is 8. The lowest BCUT2D eigenvalue weighted by atomic mass is 10.1. The summed E-state index contributed by atoms with van der Waals surface area (Å²) in [6.45, 7) is 0.598. The molecule has 8 heteroatoms. The maximum absolute atomic E-state index is 12.5. The Labute approximate surface area is 163 Å². The summed E-state index contributed by atoms with van der Waals surface area (Å²) < 4.78 is 7.20. The molecule has 1 saturated heterocycles. The molecule has 1 aromatic heterocycles. The van der Waals surface area contributed by atoms with Crippen LogP contribution < -0.4 is 15.4 Å². The van der Waals surface area contributed by atoms with Crippen molar-refractivity contribution in [2.75, 3.05) is 13.7 Å². The summed E-state index contributed by atoms with van der Waals surface area (Å²) in [5.41, 5.74) is 1.86. The van der Waals surface area contributed by atoms with E-state index >= 15 is 0 Å². The lowest BCUT2D eigenvalue weighted by Gasteiger charge is -2.14. The highest BCUT2D eigenvalue weighted by molar-refractivity contribution is 6.05. The number of nitrogens with zero attached hydrogens (tertiary/aromatic N) is 2. The Morgan fingerprint density at radius 3 is 2.71 bits per heavy atom. The first-order valence-electron chi connectivity index (χ1n) is 9.10. The first-order chi connectivity index (χ1) is 13.5. The van der Waals surface area contributed by atoms with Gasteiger partial charge in [-0.05, 0) is 30.2 Å². The summed E-state index contributed by atoms with van der Waals surface area (Å²) >= 11 is 0. The molecule has 2 N–H and O–H groups in total. The average Bonchev–Trinajstić information content (AvgIpc) is 3.21. The Balaban J connectivity index is 1.52. The van der Waals surface area contributed by atoms with Crippen LogP contribution >= 0.6 is 0 Å². The molecule has 28 heavy (non-hydrogen) atoms. The molecule has 0 bridgehead atoms. The number of imide groups is 1. The van der Waals surface area contributed by atoms with E-state index in [0.29, 0.717) is 18.7 Å². The number of benzene rings is 1. The van der Waals surface area contributed by atoms with E-state index in [0.717, 1.165) is 16.2 Å². The Morgan fingerprint density at radius 1 is 1.21 bits per heavy atom. The van der Waals surface area contributed by atoms with Crippen molar-refractivity contribution in [2.45, 2.75) is 25.4 Å². The molecular weight excluding hydrogens is 360 g/mol.